The molecule has 2 atom stereocenters. The summed E-state index contributed by atoms with van der Waals surface area (Å²) in [6, 6.07) is 4.42. The third kappa shape index (κ3) is 3.34. The third-order valence-corrected chi connectivity index (χ3v) is 4.14. The van der Waals surface area contributed by atoms with Gasteiger partial charge in [0.15, 0.2) is 5.82 Å². The smallest absolute Gasteiger partial charge is 0.180 e. The van der Waals surface area contributed by atoms with Gasteiger partial charge in [-0.15, -0.1) is 0 Å². The number of nitrogens with one attached hydrogen (secondary N) is 1. The number of hydrogen-bond donors (Lipinski definition) is 1. The molecule has 0 bridgehead atoms. The normalized spacial score (nSPS) is 20.9. The van der Waals surface area contributed by atoms with E-state index >= 15 is 0 Å². The standard InChI is InChI=1S/C16H23N5O/c1-3-5-15-18-16(20-19-15)14-11-21(8-9-22-14)12(2)13-6-4-7-17-10-13/h4,6-7,10,12,14H,3,5,8-9,11H2,1-2H3,(H,18,19,20)/t12-,14+/m1/s1. The monoisotopic (exact) mass is 301 g/mol. The molecule has 6 heteroatoms. The van der Waals surface area contributed by atoms with Gasteiger partial charge < -0.3 is 4.74 Å². The zero-order valence-electron chi connectivity index (χ0n) is 13.2. The molecule has 22 heavy (non-hydrogen) atoms. The lowest BCUT2D eigenvalue weighted by Crippen LogP contribution is -2.40. The lowest BCUT2D eigenvalue weighted by molar-refractivity contribution is -0.0470. The van der Waals surface area contributed by atoms with Crippen LogP contribution in [0.2, 0.25) is 0 Å². The average Bonchev–Trinajstić information content (AvgIpc) is 3.04. The fraction of sp³-hybridized carbons (Fsp3) is 0.562. The van der Waals surface area contributed by atoms with Crippen molar-refractivity contribution in [1.82, 2.24) is 25.1 Å². The molecule has 3 rings (SSSR count). The highest BCUT2D eigenvalue weighted by Gasteiger charge is 2.28. The molecule has 0 aliphatic carbocycles. The molecule has 2 aromatic rings. The molecule has 0 unspecified atom stereocenters. The van der Waals surface area contributed by atoms with Crippen LogP contribution in [-0.4, -0.2) is 44.8 Å². The quantitative estimate of drug-likeness (QED) is 0.917. The molecule has 1 saturated heterocycles. The summed E-state index contributed by atoms with van der Waals surface area (Å²) in [6.07, 6.45) is 5.66. The molecular weight excluding hydrogens is 278 g/mol. The van der Waals surface area contributed by atoms with E-state index in [2.05, 4.69) is 45.0 Å². The number of ether oxygens (including phenoxy) is 1. The van der Waals surface area contributed by atoms with Gasteiger partial charge in [0.1, 0.15) is 11.9 Å². The highest BCUT2D eigenvalue weighted by atomic mass is 16.5. The van der Waals surface area contributed by atoms with E-state index < -0.39 is 0 Å². The minimum Gasteiger partial charge on any atom is -0.367 e. The van der Waals surface area contributed by atoms with Crippen molar-refractivity contribution in [3.05, 3.63) is 41.7 Å². The van der Waals surface area contributed by atoms with Crippen LogP contribution in [0.15, 0.2) is 24.5 Å². The molecule has 118 valence electrons. The van der Waals surface area contributed by atoms with Gasteiger partial charge in [-0.25, -0.2) is 4.98 Å². The van der Waals surface area contributed by atoms with Crippen LogP contribution in [0.3, 0.4) is 0 Å². The number of nitrogens with zero attached hydrogens (tertiary/aromatic N) is 4. The van der Waals surface area contributed by atoms with Crippen LogP contribution in [0.25, 0.3) is 0 Å². The minimum absolute atomic E-state index is 0.0604. The molecule has 1 fully saturated rings. The van der Waals surface area contributed by atoms with Crippen molar-refractivity contribution < 1.29 is 4.74 Å². The lowest BCUT2D eigenvalue weighted by Gasteiger charge is -2.35. The number of pyridine rings is 1. The summed E-state index contributed by atoms with van der Waals surface area (Å²) in [5, 5.41) is 7.33. The first-order valence-corrected chi connectivity index (χ1v) is 7.94. The van der Waals surface area contributed by atoms with Gasteiger partial charge in [-0.2, -0.15) is 5.10 Å². The Hall–Kier alpha value is -1.79. The van der Waals surface area contributed by atoms with E-state index in [4.69, 9.17) is 4.74 Å². The number of H-pyrrole nitrogens is 1. The first kappa shape index (κ1) is 15.1. The van der Waals surface area contributed by atoms with Crippen LogP contribution >= 0.6 is 0 Å². The molecular formula is C16H23N5O. The van der Waals surface area contributed by atoms with Gasteiger partial charge in [-0.1, -0.05) is 13.0 Å². The number of morpholine rings is 1. The Morgan fingerprint density at radius 3 is 3.18 bits per heavy atom. The predicted molar refractivity (Wildman–Crippen MR) is 83.3 cm³/mol. The first-order valence-electron chi connectivity index (χ1n) is 7.94. The van der Waals surface area contributed by atoms with Gasteiger partial charge in [0.05, 0.1) is 6.61 Å². The second kappa shape index (κ2) is 6.98. The fourth-order valence-corrected chi connectivity index (χ4v) is 2.81. The van der Waals surface area contributed by atoms with Crippen molar-refractivity contribution in [1.29, 1.82) is 0 Å². The molecule has 0 saturated carbocycles. The maximum absolute atomic E-state index is 5.87. The number of aromatic nitrogens is 4. The molecule has 0 amide bonds. The Bertz CT molecular complexity index is 585. The molecule has 1 aliphatic heterocycles. The van der Waals surface area contributed by atoms with E-state index in [-0.39, 0.29) is 6.10 Å². The molecule has 3 heterocycles. The van der Waals surface area contributed by atoms with Crippen LogP contribution in [0.4, 0.5) is 0 Å². The van der Waals surface area contributed by atoms with Crippen LogP contribution < -0.4 is 0 Å². The summed E-state index contributed by atoms with van der Waals surface area (Å²) >= 11 is 0. The number of rotatable bonds is 5. The number of aromatic amines is 1. The number of aryl methyl sites for hydroxylation is 1. The maximum atomic E-state index is 5.87. The van der Waals surface area contributed by atoms with E-state index in [1.165, 1.54) is 5.56 Å². The zero-order chi connectivity index (χ0) is 15.4. The van der Waals surface area contributed by atoms with E-state index in [0.29, 0.717) is 12.6 Å². The van der Waals surface area contributed by atoms with Gasteiger partial charge in [0.25, 0.3) is 0 Å². The molecule has 6 nitrogen and oxygen atoms in total. The minimum atomic E-state index is -0.0604. The van der Waals surface area contributed by atoms with Gasteiger partial charge in [-0.05, 0) is 25.0 Å². The van der Waals surface area contributed by atoms with Gasteiger partial charge in [-0.3, -0.25) is 15.0 Å². The highest BCUT2D eigenvalue weighted by molar-refractivity contribution is 5.13. The fourth-order valence-electron chi connectivity index (χ4n) is 2.81. The van der Waals surface area contributed by atoms with Crippen LogP contribution in [-0.2, 0) is 11.2 Å². The highest BCUT2D eigenvalue weighted by Crippen LogP contribution is 2.26. The lowest BCUT2D eigenvalue weighted by atomic mass is 10.1. The van der Waals surface area contributed by atoms with Gasteiger partial charge >= 0.3 is 0 Å². The predicted octanol–water partition coefficient (Wildman–Crippen LogP) is 2.29. The summed E-state index contributed by atoms with van der Waals surface area (Å²) in [5.41, 5.74) is 1.23. The van der Waals surface area contributed by atoms with Crippen molar-refractivity contribution in [2.24, 2.45) is 0 Å². The molecule has 2 aromatic heterocycles. The summed E-state index contributed by atoms with van der Waals surface area (Å²) in [5.74, 6) is 1.71. The Kier molecular flexibility index (Phi) is 4.80. The SMILES string of the molecule is CCCc1nc([C@@H]2CN([C@H](C)c3cccnc3)CCO2)n[nH]1. The van der Waals surface area contributed by atoms with Crippen molar-refractivity contribution in [3.63, 3.8) is 0 Å². The van der Waals surface area contributed by atoms with Gasteiger partial charge in [0.2, 0.25) is 0 Å². The Labute approximate surface area is 130 Å². The Morgan fingerprint density at radius 2 is 2.41 bits per heavy atom. The van der Waals surface area contributed by atoms with Crippen LogP contribution in [0, 0.1) is 0 Å². The largest absolute Gasteiger partial charge is 0.367 e. The van der Waals surface area contributed by atoms with E-state index in [1.807, 2.05) is 12.3 Å². The maximum Gasteiger partial charge on any atom is 0.180 e. The second-order valence-electron chi connectivity index (χ2n) is 5.71. The van der Waals surface area contributed by atoms with Crippen molar-refractivity contribution in [2.45, 2.75) is 38.8 Å². The van der Waals surface area contributed by atoms with Crippen molar-refractivity contribution >= 4 is 0 Å². The van der Waals surface area contributed by atoms with E-state index in [0.717, 1.165) is 37.6 Å². The van der Waals surface area contributed by atoms with Crippen molar-refractivity contribution in [3.8, 4) is 0 Å². The van der Waals surface area contributed by atoms with E-state index in [1.54, 1.807) is 6.20 Å². The van der Waals surface area contributed by atoms with Crippen LogP contribution in [0.5, 0.6) is 0 Å². The summed E-state index contributed by atoms with van der Waals surface area (Å²) in [6.45, 7) is 6.77. The molecule has 1 N–H and O–H groups in total. The topological polar surface area (TPSA) is 66.9 Å². The second-order valence-corrected chi connectivity index (χ2v) is 5.71. The zero-order valence-corrected chi connectivity index (χ0v) is 13.2. The van der Waals surface area contributed by atoms with Crippen molar-refractivity contribution in [2.75, 3.05) is 19.7 Å². The van der Waals surface area contributed by atoms with Crippen LogP contribution in [0.1, 0.15) is 49.6 Å². The Morgan fingerprint density at radius 1 is 1.50 bits per heavy atom. The molecule has 0 spiro atoms. The Balaban J connectivity index is 1.68. The summed E-state index contributed by atoms with van der Waals surface area (Å²) in [4.78, 5) is 11.2. The number of hydrogen-bond acceptors (Lipinski definition) is 5. The first-order chi connectivity index (χ1) is 10.8. The third-order valence-electron chi connectivity index (χ3n) is 4.14. The molecule has 0 radical (unpaired) electrons. The van der Waals surface area contributed by atoms with E-state index in [9.17, 15) is 0 Å². The van der Waals surface area contributed by atoms with Gasteiger partial charge in [0, 0.05) is 37.9 Å². The molecule has 0 aromatic carbocycles. The molecule has 1 aliphatic rings. The average molecular weight is 301 g/mol. The summed E-state index contributed by atoms with van der Waals surface area (Å²) in [7, 11) is 0. The summed E-state index contributed by atoms with van der Waals surface area (Å²) < 4.78 is 5.87.